The first-order chi connectivity index (χ1) is 13.1. The van der Waals surface area contributed by atoms with Gasteiger partial charge < -0.3 is 0 Å². The Morgan fingerprint density at radius 3 is 1.93 bits per heavy atom. The van der Waals surface area contributed by atoms with E-state index in [0.29, 0.717) is 16.2 Å². The quantitative estimate of drug-likeness (QED) is 0.609. The number of amides is 2. The summed E-state index contributed by atoms with van der Waals surface area (Å²) in [4.78, 5) is 28.6. The van der Waals surface area contributed by atoms with Gasteiger partial charge in [-0.1, -0.05) is 60.3 Å². The normalized spacial score (nSPS) is 14.2. The lowest BCUT2D eigenvalue weighted by Crippen LogP contribution is -2.31. The maximum absolute atomic E-state index is 13.3. The number of carbonyl (C=O) groups is 2. The molecule has 0 unspecified atom stereocenters. The first-order valence-electron chi connectivity index (χ1n) is 8.32. The minimum Gasteiger partial charge on any atom is -0.268 e. The molecule has 1 heterocycles. The topological polar surface area (TPSA) is 37.4 Å². The van der Waals surface area contributed by atoms with Crippen molar-refractivity contribution in [1.82, 2.24) is 0 Å². The number of thioether (sulfide) groups is 1. The predicted molar refractivity (Wildman–Crippen MR) is 105 cm³/mol. The standard InChI is InChI=1S/C22H14FNO2S/c23-16-13-11-15(12-14-16)19-20(27-18-9-5-2-6-10-18)22(26)24(21(19)25)17-7-3-1-4-8-17/h1-14H. The van der Waals surface area contributed by atoms with Crippen LogP contribution in [0.2, 0.25) is 0 Å². The van der Waals surface area contributed by atoms with Crippen LogP contribution in [0.5, 0.6) is 0 Å². The third-order valence-electron chi connectivity index (χ3n) is 4.15. The number of hydrogen-bond donors (Lipinski definition) is 0. The van der Waals surface area contributed by atoms with Crippen LogP contribution in [0.1, 0.15) is 5.56 Å². The molecule has 3 aromatic rings. The van der Waals surface area contributed by atoms with E-state index >= 15 is 0 Å². The van der Waals surface area contributed by atoms with Crippen LogP contribution in [0, 0.1) is 5.82 Å². The van der Waals surface area contributed by atoms with E-state index in [2.05, 4.69) is 0 Å². The molecule has 0 radical (unpaired) electrons. The number of imide groups is 1. The van der Waals surface area contributed by atoms with Crippen LogP contribution in [0.25, 0.3) is 5.57 Å². The Balaban J connectivity index is 1.83. The van der Waals surface area contributed by atoms with Gasteiger partial charge >= 0.3 is 0 Å². The average Bonchev–Trinajstić information content (AvgIpc) is 2.94. The molecule has 0 spiro atoms. The van der Waals surface area contributed by atoms with E-state index in [4.69, 9.17) is 0 Å². The van der Waals surface area contributed by atoms with Gasteiger partial charge in [-0.05, 0) is 42.0 Å². The number of rotatable bonds is 4. The van der Waals surface area contributed by atoms with Crippen LogP contribution >= 0.6 is 11.8 Å². The van der Waals surface area contributed by atoms with Crippen LogP contribution in [0.3, 0.4) is 0 Å². The van der Waals surface area contributed by atoms with Crippen molar-refractivity contribution in [3.8, 4) is 0 Å². The lowest BCUT2D eigenvalue weighted by Gasteiger charge is -2.14. The van der Waals surface area contributed by atoms with Gasteiger partial charge in [0.2, 0.25) is 0 Å². The summed E-state index contributed by atoms with van der Waals surface area (Å²) in [5, 5.41) is 0. The number of hydrogen-bond acceptors (Lipinski definition) is 3. The molecule has 1 aliphatic rings. The molecule has 3 aromatic carbocycles. The number of benzene rings is 3. The van der Waals surface area contributed by atoms with Gasteiger partial charge in [0.05, 0.1) is 16.2 Å². The highest BCUT2D eigenvalue weighted by Crippen LogP contribution is 2.41. The van der Waals surface area contributed by atoms with Crippen LogP contribution in [-0.2, 0) is 9.59 Å². The summed E-state index contributed by atoms with van der Waals surface area (Å²) in [6.07, 6.45) is 0. The van der Waals surface area contributed by atoms with Gasteiger partial charge in [-0.3, -0.25) is 9.59 Å². The van der Waals surface area contributed by atoms with E-state index in [0.717, 1.165) is 4.90 Å². The average molecular weight is 375 g/mol. The van der Waals surface area contributed by atoms with Gasteiger partial charge in [0.15, 0.2) is 0 Å². The lowest BCUT2D eigenvalue weighted by molar-refractivity contribution is -0.119. The second-order valence-corrected chi connectivity index (χ2v) is 6.99. The summed E-state index contributed by atoms with van der Waals surface area (Å²) >= 11 is 1.24. The van der Waals surface area contributed by atoms with Crippen molar-refractivity contribution >= 4 is 34.8 Å². The van der Waals surface area contributed by atoms with E-state index in [1.54, 1.807) is 24.3 Å². The van der Waals surface area contributed by atoms with E-state index in [9.17, 15) is 14.0 Å². The zero-order chi connectivity index (χ0) is 18.8. The Kier molecular flexibility index (Phi) is 4.60. The van der Waals surface area contributed by atoms with Crippen molar-refractivity contribution in [3.05, 3.63) is 101 Å². The molecule has 1 aliphatic heterocycles. The van der Waals surface area contributed by atoms with Crippen molar-refractivity contribution in [2.24, 2.45) is 0 Å². The molecule has 0 saturated carbocycles. The van der Waals surface area contributed by atoms with Crippen molar-refractivity contribution in [3.63, 3.8) is 0 Å². The van der Waals surface area contributed by atoms with Crippen LogP contribution in [-0.4, -0.2) is 11.8 Å². The van der Waals surface area contributed by atoms with Gasteiger partial charge in [-0.15, -0.1) is 0 Å². The minimum atomic E-state index is -0.406. The molecule has 0 aromatic heterocycles. The Labute approximate surface area is 160 Å². The molecule has 27 heavy (non-hydrogen) atoms. The molecule has 0 fully saturated rings. The van der Waals surface area contributed by atoms with Gasteiger partial charge in [-0.25, -0.2) is 9.29 Å². The Morgan fingerprint density at radius 2 is 1.30 bits per heavy atom. The summed E-state index contributed by atoms with van der Waals surface area (Å²) in [6, 6.07) is 23.8. The highest BCUT2D eigenvalue weighted by Gasteiger charge is 2.40. The third kappa shape index (κ3) is 3.29. The van der Waals surface area contributed by atoms with Crippen LogP contribution in [0.15, 0.2) is 94.7 Å². The Morgan fingerprint density at radius 1 is 0.704 bits per heavy atom. The molecule has 0 atom stereocenters. The second-order valence-electron chi connectivity index (χ2n) is 5.91. The Hall–Kier alpha value is -3.18. The largest absolute Gasteiger partial charge is 0.272 e. The van der Waals surface area contributed by atoms with Crippen molar-refractivity contribution in [1.29, 1.82) is 0 Å². The molecule has 0 aliphatic carbocycles. The maximum Gasteiger partial charge on any atom is 0.272 e. The summed E-state index contributed by atoms with van der Waals surface area (Å²) in [7, 11) is 0. The molecule has 5 heteroatoms. The number of anilines is 1. The smallest absolute Gasteiger partial charge is 0.268 e. The molecular weight excluding hydrogens is 361 g/mol. The fourth-order valence-electron chi connectivity index (χ4n) is 2.89. The first kappa shape index (κ1) is 17.2. The van der Waals surface area contributed by atoms with Crippen LogP contribution < -0.4 is 4.90 Å². The number of para-hydroxylation sites is 1. The molecule has 0 saturated heterocycles. The molecule has 0 bridgehead atoms. The number of halogens is 1. The SMILES string of the molecule is O=C1C(Sc2ccccc2)=C(c2ccc(F)cc2)C(=O)N1c1ccccc1. The van der Waals surface area contributed by atoms with Gasteiger partial charge in [0.1, 0.15) is 5.82 Å². The third-order valence-corrected chi connectivity index (χ3v) is 5.24. The molecule has 0 N–H and O–H groups in total. The summed E-state index contributed by atoms with van der Waals surface area (Å²) in [5.74, 6) is -1.18. The van der Waals surface area contributed by atoms with E-state index < -0.39 is 11.7 Å². The minimum absolute atomic E-state index is 0.290. The van der Waals surface area contributed by atoms with Crippen LogP contribution in [0.4, 0.5) is 10.1 Å². The first-order valence-corrected chi connectivity index (χ1v) is 9.14. The van der Waals surface area contributed by atoms with E-state index in [1.165, 1.54) is 40.9 Å². The van der Waals surface area contributed by atoms with Gasteiger partial charge in [0, 0.05) is 4.90 Å². The molecule has 132 valence electrons. The molecule has 3 nitrogen and oxygen atoms in total. The zero-order valence-corrected chi connectivity index (χ0v) is 14.9. The van der Waals surface area contributed by atoms with Crippen molar-refractivity contribution < 1.29 is 14.0 Å². The van der Waals surface area contributed by atoms with Gasteiger partial charge in [-0.2, -0.15) is 0 Å². The summed E-state index contributed by atoms with van der Waals surface area (Å²) in [5.41, 5.74) is 1.32. The number of nitrogens with zero attached hydrogens (tertiary/aromatic N) is 1. The number of carbonyl (C=O) groups excluding carboxylic acids is 2. The molecule has 2 amide bonds. The van der Waals surface area contributed by atoms with E-state index in [1.807, 2.05) is 36.4 Å². The monoisotopic (exact) mass is 375 g/mol. The summed E-state index contributed by atoms with van der Waals surface area (Å²) in [6.45, 7) is 0. The second kappa shape index (κ2) is 7.21. The zero-order valence-electron chi connectivity index (χ0n) is 14.1. The van der Waals surface area contributed by atoms with Crippen molar-refractivity contribution in [2.45, 2.75) is 4.90 Å². The van der Waals surface area contributed by atoms with E-state index in [-0.39, 0.29) is 11.5 Å². The Bertz CT molecular complexity index is 1030. The fraction of sp³-hybridized carbons (Fsp3) is 0. The molecular formula is C22H14FNO2S. The van der Waals surface area contributed by atoms with Crippen molar-refractivity contribution in [2.75, 3.05) is 4.90 Å². The summed E-state index contributed by atoms with van der Waals surface area (Å²) < 4.78 is 13.3. The predicted octanol–water partition coefficient (Wildman–Crippen LogP) is 4.90. The maximum atomic E-state index is 13.3. The highest BCUT2D eigenvalue weighted by molar-refractivity contribution is 8.04. The van der Waals surface area contributed by atoms with Gasteiger partial charge in [0.25, 0.3) is 11.8 Å². The molecule has 4 rings (SSSR count). The highest BCUT2D eigenvalue weighted by atomic mass is 32.2. The lowest BCUT2D eigenvalue weighted by atomic mass is 10.1. The fourth-order valence-corrected chi connectivity index (χ4v) is 3.91.